The minimum absolute atomic E-state index is 0.176. The molecule has 1 unspecified atom stereocenters. The van der Waals surface area contributed by atoms with Gasteiger partial charge in [-0.1, -0.05) is 38.1 Å². The van der Waals surface area contributed by atoms with Gasteiger partial charge in [0.2, 0.25) is 0 Å². The summed E-state index contributed by atoms with van der Waals surface area (Å²) in [6, 6.07) is 11.1. The highest BCUT2D eigenvalue weighted by Gasteiger charge is 2.17. The van der Waals surface area contributed by atoms with Crippen LogP contribution in [0.5, 0.6) is 0 Å². The Bertz CT molecular complexity index is 575. The van der Waals surface area contributed by atoms with Crippen LogP contribution in [-0.2, 0) is 6.42 Å². The van der Waals surface area contributed by atoms with Crippen LogP contribution in [0, 0.1) is 13.8 Å². The van der Waals surface area contributed by atoms with Gasteiger partial charge in [0, 0.05) is 6.20 Å². The first-order valence-electron chi connectivity index (χ1n) is 7.41. The van der Waals surface area contributed by atoms with Crippen molar-refractivity contribution in [1.82, 2.24) is 10.3 Å². The van der Waals surface area contributed by atoms with Crippen molar-refractivity contribution in [3.63, 3.8) is 0 Å². The molecule has 0 saturated carbocycles. The van der Waals surface area contributed by atoms with Crippen LogP contribution in [-0.4, -0.2) is 11.5 Å². The molecule has 1 heterocycles. The van der Waals surface area contributed by atoms with E-state index in [2.05, 4.69) is 62.3 Å². The average Bonchev–Trinajstić information content (AvgIpc) is 2.48. The van der Waals surface area contributed by atoms with Crippen LogP contribution < -0.4 is 5.32 Å². The van der Waals surface area contributed by atoms with Gasteiger partial charge in [-0.2, -0.15) is 0 Å². The Morgan fingerprint density at radius 1 is 1.10 bits per heavy atom. The van der Waals surface area contributed by atoms with Crippen LogP contribution >= 0.6 is 0 Å². The van der Waals surface area contributed by atoms with Crippen LogP contribution in [0.1, 0.15) is 47.8 Å². The van der Waals surface area contributed by atoms with Gasteiger partial charge in [-0.3, -0.25) is 4.98 Å². The summed E-state index contributed by atoms with van der Waals surface area (Å²) in [4.78, 5) is 4.63. The Morgan fingerprint density at radius 3 is 2.55 bits per heavy atom. The van der Waals surface area contributed by atoms with Gasteiger partial charge >= 0.3 is 0 Å². The minimum Gasteiger partial charge on any atom is -0.305 e. The highest BCUT2D eigenvalue weighted by Crippen LogP contribution is 2.25. The quantitative estimate of drug-likeness (QED) is 0.888. The molecule has 20 heavy (non-hydrogen) atoms. The van der Waals surface area contributed by atoms with Crippen molar-refractivity contribution in [2.75, 3.05) is 6.54 Å². The Labute approximate surface area is 122 Å². The Hall–Kier alpha value is -1.67. The molecule has 106 valence electrons. The third kappa shape index (κ3) is 3.07. The standard InChI is InChI=1S/C18H24N2/c1-5-15-8-7-11-20-17(15)18(19-6-2)16-10-9-13(3)14(4)12-16/h7-12,18-19H,5-6H2,1-4H3. The number of nitrogens with zero attached hydrogens (tertiary/aromatic N) is 1. The topological polar surface area (TPSA) is 24.9 Å². The fraction of sp³-hybridized carbons (Fsp3) is 0.389. The van der Waals surface area contributed by atoms with Gasteiger partial charge in [0.25, 0.3) is 0 Å². The molecule has 0 amide bonds. The second kappa shape index (κ2) is 6.67. The maximum atomic E-state index is 4.63. The summed E-state index contributed by atoms with van der Waals surface area (Å²) in [5, 5.41) is 3.57. The zero-order valence-corrected chi connectivity index (χ0v) is 12.9. The van der Waals surface area contributed by atoms with E-state index in [9.17, 15) is 0 Å². The molecule has 0 radical (unpaired) electrons. The maximum Gasteiger partial charge on any atom is 0.0754 e. The van der Waals surface area contributed by atoms with E-state index in [1.165, 1.54) is 22.3 Å². The third-order valence-corrected chi connectivity index (χ3v) is 3.85. The predicted octanol–water partition coefficient (Wildman–Crippen LogP) is 3.96. The van der Waals surface area contributed by atoms with E-state index in [1.54, 1.807) is 0 Å². The van der Waals surface area contributed by atoms with Gasteiger partial charge in [-0.05, 0) is 55.1 Å². The molecule has 1 aromatic heterocycles. The van der Waals surface area contributed by atoms with Crippen LogP contribution in [0.15, 0.2) is 36.5 Å². The SMILES string of the molecule is CCNC(c1ccc(C)c(C)c1)c1ncccc1CC. The summed E-state index contributed by atoms with van der Waals surface area (Å²) < 4.78 is 0. The molecule has 2 rings (SSSR count). The molecule has 0 aliphatic carbocycles. The Morgan fingerprint density at radius 2 is 1.90 bits per heavy atom. The van der Waals surface area contributed by atoms with Crippen LogP contribution in [0.2, 0.25) is 0 Å². The molecule has 2 heteroatoms. The van der Waals surface area contributed by atoms with Crippen molar-refractivity contribution in [3.05, 3.63) is 64.5 Å². The summed E-state index contributed by atoms with van der Waals surface area (Å²) in [6.45, 7) is 9.57. The molecule has 0 aliphatic rings. The first-order chi connectivity index (χ1) is 9.67. The summed E-state index contributed by atoms with van der Waals surface area (Å²) in [7, 11) is 0. The van der Waals surface area contributed by atoms with Gasteiger partial charge in [-0.25, -0.2) is 0 Å². The number of pyridine rings is 1. The average molecular weight is 268 g/mol. The molecule has 0 fully saturated rings. The molecule has 1 atom stereocenters. The van der Waals surface area contributed by atoms with Gasteiger partial charge in [0.15, 0.2) is 0 Å². The first kappa shape index (κ1) is 14.7. The smallest absolute Gasteiger partial charge is 0.0754 e. The van der Waals surface area contributed by atoms with Crippen molar-refractivity contribution in [1.29, 1.82) is 0 Å². The van der Waals surface area contributed by atoms with Crippen molar-refractivity contribution in [2.45, 2.75) is 40.2 Å². The second-order valence-electron chi connectivity index (χ2n) is 5.24. The molecule has 0 saturated heterocycles. The lowest BCUT2D eigenvalue weighted by Crippen LogP contribution is -2.24. The third-order valence-electron chi connectivity index (χ3n) is 3.85. The number of aromatic nitrogens is 1. The first-order valence-corrected chi connectivity index (χ1v) is 7.41. The van der Waals surface area contributed by atoms with Crippen LogP contribution in [0.3, 0.4) is 0 Å². The summed E-state index contributed by atoms with van der Waals surface area (Å²) >= 11 is 0. The molecule has 1 aromatic carbocycles. The van der Waals surface area contributed by atoms with E-state index in [1.807, 2.05) is 12.3 Å². The minimum atomic E-state index is 0.176. The molecule has 0 aliphatic heterocycles. The fourth-order valence-electron chi connectivity index (χ4n) is 2.53. The van der Waals surface area contributed by atoms with Gasteiger partial charge in [-0.15, -0.1) is 0 Å². The summed E-state index contributed by atoms with van der Waals surface area (Å²) in [6.07, 6.45) is 2.90. The molecule has 2 aromatic rings. The Balaban J connectivity index is 2.47. The predicted molar refractivity (Wildman–Crippen MR) is 85.1 cm³/mol. The van der Waals surface area contributed by atoms with Gasteiger partial charge in [0.1, 0.15) is 0 Å². The zero-order valence-electron chi connectivity index (χ0n) is 12.9. The van der Waals surface area contributed by atoms with E-state index in [0.29, 0.717) is 0 Å². The van der Waals surface area contributed by atoms with Crippen molar-refractivity contribution >= 4 is 0 Å². The fourth-order valence-corrected chi connectivity index (χ4v) is 2.53. The lowest BCUT2D eigenvalue weighted by Gasteiger charge is -2.21. The van der Waals surface area contributed by atoms with E-state index >= 15 is 0 Å². The molecule has 0 bridgehead atoms. The normalized spacial score (nSPS) is 12.4. The highest BCUT2D eigenvalue weighted by atomic mass is 14.9. The molecular weight excluding hydrogens is 244 g/mol. The highest BCUT2D eigenvalue weighted by molar-refractivity contribution is 5.37. The molecular formula is C18H24N2. The zero-order chi connectivity index (χ0) is 14.5. The summed E-state index contributed by atoms with van der Waals surface area (Å²) in [5.74, 6) is 0. The molecule has 0 spiro atoms. The largest absolute Gasteiger partial charge is 0.305 e. The number of rotatable bonds is 5. The number of hydrogen-bond donors (Lipinski definition) is 1. The van der Waals surface area contributed by atoms with Crippen LogP contribution in [0.4, 0.5) is 0 Å². The monoisotopic (exact) mass is 268 g/mol. The van der Waals surface area contributed by atoms with Gasteiger partial charge < -0.3 is 5.32 Å². The number of hydrogen-bond acceptors (Lipinski definition) is 2. The van der Waals surface area contributed by atoms with Crippen molar-refractivity contribution in [3.8, 4) is 0 Å². The molecule has 2 nitrogen and oxygen atoms in total. The van der Waals surface area contributed by atoms with E-state index in [4.69, 9.17) is 0 Å². The van der Waals surface area contributed by atoms with Crippen LogP contribution in [0.25, 0.3) is 0 Å². The lowest BCUT2D eigenvalue weighted by molar-refractivity contribution is 0.609. The Kier molecular flexibility index (Phi) is 4.91. The van der Waals surface area contributed by atoms with E-state index in [0.717, 1.165) is 18.7 Å². The molecule has 1 N–H and O–H groups in total. The van der Waals surface area contributed by atoms with Crippen molar-refractivity contribution < 1.29 is 0 Å². The lowest BCUT2D eigenvalue weighted by atomic mass is 9.95. The second-order valence-corrected chi connectivity index (χ2v) is 5.24. The number of nitrogens with one attached hydrogen (secondary N) is 1. The van der Waals surface area contributed by atoms with E-state index in [-0.39, 0.29) is 6.04 Å². The number of aryl methyl sites for hydroxylation is 3. The van der Waals surface area contributed by atoms with Gasteiger partial charge in [0.05, 0.1) is 11.7 Å². The van der Waals surface area contributed by atoms with E-state index < -0.39 is 0 Å². The summed E-state index contributed by atoms with van der Waals surface area (Å²) in [5.41, 5.74) is 6.43. The van der Waals surface area contributed by atoms with Crippen molar-refractivity contribution in [2.24, 2.45) is 0 Å². The maximum absolute atomic E-state index is 4.63. The number of benzene rings is 1.